The average molecular weight is 416 g/mol. The van der Waals surface area contributed by atoms with E-state index in [9.17, 15) is 14.0 Å². The van der Waals surface area contributed by atoms with E-state index in [2.05, 4.69) is 16.2 Å². The summed E-state index contributed by atoms with van der Waals surface area (Å²) in [6.45, 7) is 2.56. The Bertz CT molecular complexity index is 924. The van der Waals surface area contributed by atoms with Crippen molar-refractivity contribution in [1.82, 2.24) is 10.9 Å². The summed E-state index contributed by atoms with van der Waals surface area (Å²) in [4.78, 5) is 26.5. The molecule has 0 bridgehead atoms. The molecule has 0 saturated carbocycles. The van der Waals surface area contributed by atoms with Gasteiger partial charge in [0.2, 0.25) is 11.8 Å². The second-order valence-electron chi connectivity index (χ2n) is 6.35. The molecule has 0 radical (unpaired) electrons. The van der Waals surface area contributed by atoms with Gasteiger partial charge in [0.15, 0.2) is 5.11 Å². The maximum atomic E-state index is 13.6. The lowest BCUT2D eigenvalue weighted by molar-refractivity contribution is -0.126. The zero-order chi connectivity index (χ0) is 20.8. The Morgan fingerprint density at radius 1 is 1.21 bits per heavy atom. The van der Waals surface area contributed by atoms with Crippen molar-refractivity contribution in [1.29, 1.82) is 0 Å². The van der Waals surface area contributed by atoms with E-state index < -0.39 is 11.7 Å². The minimum Gasteiger partial charge on any atom is -0.492 e. The highest BCUT2D eigenvalue weighted by molar-refractivity contribution is 7.80. The molecular weight excluding hydrogens is 395 g/mol. The zero-order valence-corrected chi connectivity index (χ0v) is 16.6. The first-order chi connectivity index (χ1) is 14.0. The summed E-state index contributed by atoms with van der Waals surface area (Å²) in [5.74, 6) is -0.969. The first-order valence-electron chi connectivity index (χ1n) is 9.13. The molecule has 1 saturated heterocycles. The number of amides is 2. The number of para-hydroxylation sites is 3. The smallest absolute Gasteiger partial charge is 0.243 e. The zero-order valence-electron chi connectivity index (χ0n) is 15.8. The summed E-state index contributed by atoms with van der Waals surface area (Å²) in [6, 6.07) is 13.2. The van der Waals surface area contributed by atoms with Crippen molar-refractivity contribution in [3.05, 3.63) is 54.3 Å². The molecule has 9 heteroatoms. The van der Waals surface area contributed by atoms with Gasteiger partial charge in [-0.3, -0.25) is 20.4 Å². The molecule has 1 heterocycles. The van der Waals surface area contributed by atoms with E-state index >= 15 is 0 Å². The van der Waals surface area contributed by atoms with E-state index in [-0.39, 0.29) is 35.6 Å². The molecule has 0 aromatic heterocycles. The lowest BCUT2D eigenvalue weighted by Crippen LogP contribution is -2.46. The minimum atomic E-state index is -0.555. The molecule has 1 fully saturated rings. The van der Waals surface area contributed by atoms with Crippen LogP contribution in [0.15, 0.2) is 48.5 Å². The van der Waals surface area contributed by atoms with Gasteiger partial charge >= 0.3 is 0 Å². The third-order valence-corrected chi connectivity index (χ3v) is 4.58. The Labute approximate surface area is 173 Å². The summed E-state index contributed by atoms with van der Waals surface area (Å²) < 4.78 is 19.2. The predicted octanol–water partition coefficient (Wildman–Crippen LogP) is 2.60. The quantitative estimate of drug-likeness (QED) is 0.513. The van der Waals surface area contributed by atoms with Crippen LogP contribution >= 0.6 is 12.2 Å². The van der Waals surface area contributed by atoms with E-state index in [1.165, 1.54) is 12.1 Å². The van der Waals surface area contributed by atoms with Crippen LogP contribution in [0.5, 0.6) is 5.75 Å². The lowest BCUT2D eigenvalue weighted by Gasteiger charge is -2.20. The summed E-state index contributed by atoms with van der Waals surface area (Å²) in [6.07, 6.45) is 0.0709. The van der Waals surface area contributed by atoms with Gasteiger partial charge < -0.3 is 15.0 Å². The number of nitrogens with zero attached hydrogens (tertiary/aromatic N) is 1. The van der Waals surface area contributed by atoms with Crippen molar-refractivity contribution in [3.63, 3.8) is 0 Å². The standard InChI is InChI=1S/C20H21FN4O3S/c1-2-28-17-10-6-5-9-16(17)25-12-13(11-18(25)26)19(27)23-24-20(29)22-15-8-4-3-7-14(15)21/h3-10,13H,2,11-12H2,1H3,(H,23,27)(H2,22,24,29)/t13-/m0/s1. The second-order valence-corrected chi connectivity index (χ2v) is 6.76. The number of carbonyl (C=O) groups is 2. The fourth-order valence-electron chi connectivity index (χ4n) is 3.01. The first kappa shape index (κ1) is 20.5. The number of nitrogens with one attached hydrogen (secondary N) is 3. The fourth-order valence-corrected chi connectivity index (χ4v) is 3.17. The summed E-state index contributed by atoms with van der Waals surface area (Å²) in [5.41, 5.74) is 5.83. The number of hydrazine groups is 1. The molecule has 1 aliphatic rings. The van der Waals surface area contributed by atoms with Gasteiger partial charge in [0, 0.05) is 13.0 Å². The number of anilines is 2. The highest BCUT2D eigenvalue weighted by Crippen LogP contribution is 2.33. The van der Waals surface area contributed by atoms with Gasteiger partial charge in [-0.15, -0.1) is 0 Å². The molecule has 1 aliphatic heterocycles. The van der Waals surface area contributed by atoms with Crippen LogP contribution in [0.2, 0.25) is 0 Å². The predicted molar refractivity (Wildman–Crippen MR) is 112 cm³/mol. The average Bonchev–Trinajstić information content (AvgIpc) is 3.10. The Hall–Kier alpha value is -3.20. The van der Waals surface area contributed by atoms with Crippen LogP contribution < -0.4 is 25.8 Å². The first-order valence-corrected chi connectivity index (χ1v) is 9.54. The normalized spacial score (nSPS) is 15.7. The Kier molecular flexibility index (Phi) is 6.61. The molecule has 29 heavy (non-hydrogen) atoms. The maximum Gasteiger partial charge on any atom is 0.243 e. The second kappa shape index (κ2) is 9.33. The number of hydrogen-bond acceptors (Lipinski definition) is 4. The van der Waals surface area contributed by atoms with E-state index in [1.807, 2.05) is 19.1 Å². The molecule has 1 atom stereocenters. The molecule has 0 aliphatic carbocycles. The number of thiocarbonyl (C=S) groups is 1. The lowest BCUT2D eigenvalue weighted by atomic mass is 10.1. The highest BCUT2D eigenvalue weighted by atomic mass is 32.1. The third-order valence-electron chi connectivity index (χ3n) is 4.37. The molecule has 0 unspecified atom stereocenters. The van der Waals surface area contributed by atoms with Crippen LogP contribution in [-0.2, 0) is 9.59 Å². The number of hydrogen-bond donors (Lipinski definition) is 3. The number of rotatable bonds is 5. The van der Waals surface area contributed by atoms with Crippen LogP contribution in [0, 0.1) is 11.7 Å². The molecule has 2 amide bonds. The van der Waals surface area contributed by atoms with Gasteiger partial charge in [-0.1, -0.05) is 24.3 Å². The number of carbonyl (C=O) groups excluding carboxylic acids is 2. The van der Waals surface area contributed by atoms with Gasteiger partial charge in [-0.2, -0.15) is 0 Å². The van der Waals surface area contributed by atoms with Crippen molar-refractivity contribution in [2.45, 2.75) is 13.3 Å². The van der Waals surface area contributed by atoms with Crippen molar-refractivity contribution in [2.24, 2.45) is 5.92 Å². The van der Waals surface area contributed by atoms with Crippen LogP contribution in [0.1, 0.15) is 13.3 Å². The Balaban J connectivity index is 1.57. The third kappa shape index (κ3) is 5.00. The van der Waals surface area contributed by atoms with E-state index in [1.54, 1.807) is 29.2 Å². The number of benzene rings is 2. The molecule has 0 spiro atoms. The molecule has 2 aromatic carbocycles. The number of ether oxygens (including phenoxy) is 1. The Morgan fingerprint density at radius 3 is 2.69 bits per heavy atom. The van der Waals surface area contributed by atoms with E-state index in [0.29, 0.717) is 18.0 Å². The van der Waals surface area contributed by atoms with Crippen molar-refractivity contribution in [2.75, 3.05) is 23.4 Å². The topological polar surface area (TPSA) is 82.7 Å². The van der Waals surface area contributed by atoms with Crippen LogP contribution in [0.25, 0.3) is 0 Å². The monoisotopic (exact) mass is 416 g/mol. The summed E-state index contributed by atoms with van der Waals surface area (Å²) in [7, 11) is 0. The van der Waals surface area contributed by atoms with Gasteiger partial charge in [-0.25, -0.2) is 4.39 Å². The molecule has 3 rings (SSSR count). The van der Waals surface area contributed by atoms with Gasteiger partial charge in [0.1, 0.15) is 11.6 Å². The SMILES string of the molecule is CCOc1ccccc1N1C[C@@H](C(=O)NNC(=S)Nc2ccccc2F)CC1=O. The van der Waals surface area contributed by atoms with Gasteiger partial charge in [0.25, 0.3) is 0 Å². The Morgan fingerprint density at radius 2 is 1.93 bits per heavy atom. The summed E-state index contributed by atoms with van der Waals surface area (Å²) >= 11 is 5.06. The van der Waals surface area contributed by atoms with Crippen molar-refractivity contribution >= 4 is 40.5 Å². The van der Waals surface area contributed by atoms with Crippen molar-refractivity contribution < 1.29 is 18.7 Å². The molecule has 152 valence electrons. The molecule has 3 N–H and O–H groups in total. The maximum absolute atomic E-state index is 13.6. The van der Waals surface area contributed by atoms with Gasteiger partial charge in [-0.05, 0) is 43.4 Å². The molecule has 7 nitrogen and oxygen atoms in total. The highest BCUT2D eigenvalue weighted by Gasteiger charge is 2.36. The molecular formula is C20H21FN4O3S. The van der Waals surface area contributed by atoms with E-state index in [0.717, 1.165) is 0 Å². The summed E-state index contributed by atoms with van der Waals surface area (Å²) in [5, 5.41) is 2.69. The van der Waals surface area contributed by atoms with Crippen LogP contribution in [-0.4, -0.2) is 30.1 Å². The molecule has 2 aromatic rings. The van der Waals surface area contributed by atoms with Crippen LogP contribution in [0.3, 0.4) is 0 Å². The van der Waals surface area contributed by atoms with Crippen molar-refractivity contribution in [3.8, 4) is 5.75 Å². The van der Waals surface area contributed by atoms with Gasteiger partial charge in [0.05, 0.1) is 23.9 Å². The van der Waals surface area contributed by atoms with Crippen LogP contribution in [0.4, 0.5) is 15.8 Å². The van der Waals surface area contributed by atoms with E-state index in [4.69, 9.17) is 17.0 Å². The fraction of sp³-hybridized carbons (Fsp3) is 0.250. The largest absolute Gasteiger partial charge is 0.492 e. The number of halogens is 1. The minimum absolute atomic E-state index is 0.0336.